The zero-order valence-electron chi connectivity index (χ0n) is 12.7. The van der Waals surface area contributed by atoms with Crippen molar-refractivity contribution in [3.05, 3.63) is 0 Å². The van der Waals surface area contributed by atoms with E-state index in [2.05, 4.69) is 20.3 Å². The summed E-state index contributed by atoms with van der Waals surface area (Å²) in [5.74, 6) is 0.510. The molecule has 0 bridgehead atoms. The molecular weight excluding hydrogens is 272 g/mol. The molecule has 1 atom stereocenters. The minimum absolute atomic E-state index is 0.0414. The summed E-state index contributed by atoms with van der Waals surface area (Å²) in [6.07, 6.45) is 1.56. The fourth-order valence-corrected chi connectivity index (χ4v) is 2.28. The summed E-state index contributed by atoms with van der Waals surface area (Å²) < 4.78 is 5.55. The maximum absolute atomic E-state index is 11.5. The highest BCUT2D eigenvalue weighted by Gasteiger charge is 2.31. The zero-order chi connectivity index (χ0) is 15.4. The van der Waals surface area contributed by atoms with Crippen molar-refractivity contribution in [1.82, 2.24) is 15.0 Å². The van der Waals surface area contributed by atoms with Gasteiger partial charge in [-0.15, -0.1) is 0 Å². The van der Waals surface area contributed by atoms with Crippen LogP contribution in [-0.4, -0.2) is 46.1 Å². The Bertz CT molecular complexity index is 507. The van der Waals surface area contributed by atoms with Crippen LogP contribution in [0, 0.1) is 0 Å². The molecule has 3 N–H and O–H groups in total. The van der Waals surface area contributed by atoms with Crippen LogP contribution in [0.4, 0.5) is 11.9 Å². The zero-order valence-corrected chi connectivity index (χ0v) is 12.7. The topological polar surface area (TPSA) is 106 Å². The Morgan fingerprint density at radius 1 is 1.48 bits per heavy atom. The number of hydrogen-bond acceptors (Lipinski definition) is 7. The number of anilines is 2. The summed E-state index contributed by atoms with van der Waals surface area (Å²) in [7, 11) is 0. The van der Waals surface area contributed by atoms with E-state index in [1.165, 1.54) is 0 Å². The molecule has 0 spiro atoms. The molecule has 1 unspecified atom stereocenters. The highest BCUT2D eigenvalue weighted by Crippen LogP contribution is 2.24. The summed E-state index contributed by atoms with van der Waals surface area (Å²) >= 11 is 0. The van der Waals surface area contributed by atoms with Crippen molar-refractivity contribution in [2.24, 2.45) is 5.73 Å². The predicted octanol–water partition coefficient (Wildman–Crippen LogP) is 0.545. The number of ether oxygens (including phenoxy) is 1. The fourth-order valence-electron chi connectivity index (χ4n) is 2.28. The van der Waals surface area contributed by atoms with Crippen LogP contribution >= 0.6 is 0 Å². The minimum Gasteiger partial charge on any atom is -0.461 e. The Kier molecular flexibility index (Phi) is 4.77. The van der Waals surface area contributed by atoms with Crippen molar-refractivity contribution in [3.8, 4) is 6.01 Å². The quantitative estimate of drug-likeness (QED) is 0.788. The number of carbonyl (C=O) groups is 1. The van der Waals surface area contributed by atoms with E-state index in [0.717, 1.165) is 12.8 Å². The van der Waals surface area contributed by atoms with E-state index < -0.39 is 0 Å². The first kappa shape index (κ1) is 15.3. The number of hydrogen-bond donors (Lipinski definition) is 2. The lowest BCUT2D eigenvalue weighted by molar-refractivity contribution is -0.119. The minimum atomic E-state index is -0.367. The van der Waals surface area contributed by atoms with Crippen molar-refractivity contribution in [2.75, 3.05) is 23.3 Å². The third-order valence-electron chi connectivity index (χ3n) is 3.12. The second-order valence-electron chi connectivity index (χ2n) is 5.19. The highest BCUT2D eigenvalue weighted by atomic mass is 16.5. The van der Waals surface area contributed by atoms with E-state index >= 15 is 0 Å². The monoisotopic (exact) mass is 294 g/mol. The Balaban J connectivity index is 2.32. The van der Waals surface area contributed by atoms with Crippen molar-refractivity contribution in [2.45, 2.75) is 45.8 Å². The molecule has 116 valence electrons. The molecule has 0 saturated carbocycles. The van der Waals surface area contributed by atoms with Crippen molar-refractivity contribution in [3.63, 3.8) is 0 Å². The van der Waals surface area contributed by atoms with Gasteiger partial charge >= 0.3 is 6.01 Å². The summed E-state index contributed by atoms with van der Waals surface area (Å²) in [5, 5.41) is 3.04. The number of primary amides is 1. The molecule has 2 heterocycles. The van der Waals surface area contributed by atoms with Gasteiger partial charge in [-0.25, -0.2) is 0 Å². The second kappa shape index (κ2) is 6.55. The molecule has 2 rings (SSSR count). The Morgan fingerprint density at radius 2 is 2.24 bits per heavy atom. The van der Waals surface area contributed by atoms with Gasteiger partial charge in [0, 0.05) is 13.1 Å². The molecule has 8 nitrogen and oxygen atoms in total. The van der Waals surface area contributed by atoms with Gasteiger partial charge in [0.1, 0.15) is 6.04 Å². The molecule has 8 heteroatoms. The Labute approximate surface area is 124 Å². The molecule has 0 aliphatic carbocycles. The van der Waals surface area contributed by atoms with Gasteiger partial charge in [0.2, 0.25) is 17.8 Å². The molecule has 1 saturated heterocycles. The number of nitrogens with zero attached hydrogens (tertiary/aromatic N) is 4. The lowest BCUT2D eigenvalue weighted by Gasteiger charge is -2.22. The van der Waals surface area contributed by atoms with Gasteiger partial charge in [-0.2, -0.15) is 15.0 Å². The molecule has 1 aromatic heterocycles. The van der Waals surface area contributed by atoms with Gasteiger partial charge in [-0.3, -0.25) is 4.79 Å². The first-order valence-electron chi connectivity index (χ1n) is 7.23. The van der Waals surface area contributed by atoms with Crippen LogP contribution in [0.25, 0.3) is 0 Å². The Hall–Kier alpha value is -2.12. The van der Waals surface area contributed by atoms with E-state index in [0.29, 0.717) is 25.0 Å². The normalized spacial score (nSPS) is 18.1. The number of aromatic nitrogens is 3. The number of amides is 1. The summed E-state index contributed by atoms with van der Waals surface area (Å²) in [6.45, 7) is 7.14. The molecule has 1 amide bonds. The average molecular weight is 294 g/mol. The lowest BCUT2D eigenvalue weighted by atomic mass is 10.2. The fraction of sp³-hybridized carbons (Fsp3) is 0.692. The molecule has 1 aliphatic rings. The van der Waals surface area contributed by atoms with E-state index in [-0.39, 0.29) is 24.1 Å². The van der Waals surface area contributed by atoms with Crippen molar-refractivity contribution < 1.29 is 9.53 Å². The van der Waals surface area contributed by atoms with Gasteiger partial charge in [-0.1, -0.05) is 0 Å². The van der Waals surface area contributed by atoms with Crippen LogP contribution in [0.2, 0.25) is 0 Å². The van der Waals surface area contributed by atoms with Gasteiger partial charge < -0.3 is 20.7 Å². The number of carbonyl (C=O) groups excluding carboxylic acids is 1. The molecule has 1 fully saturated rings. The van der Waals surface area contributed by atoms with Crippen LogP contribution in [-0.2, 0) is 4.79 Å². The van der Waals surface area contributed by atoms with Crippen LogP contribution in [0.1, 0.15) is 33.6 Å². The third kappa shape index (κ3) is 3.71. The van der Waals surface area contributed by atoms with Crippen LogP contribution in [0.5, 0.6) is 6.01 Å². The molecule has 0 radical (unpaired) electrons. The molecular formula is C13H22N6O2. The third-order valence-corrected chi connectivity index (χ3v) is 3.12. The SMILES string of the molecule is CCNc1nc(OC(C)C)nc(N2CCCC2C(N)=O)n1. The second-order valence-corrected chi connectivity index (χ2v) is 5.19. The standard InChI is InChI=1S/C13H22N6O2/c1-4-15-11-16-12(18-13(17-11)21-8(2)3)19-7-5-6-9(19)10(14)20/h8-9H,4-7H2,1-3H3,(H2,14,20)(H,15,16,17,18). The molecule has 0 aromatic carbocycles. The van der Waals surface area contributed by atoms with Crippen LogP contribution in [0.3, 0.4) is 0 Å². The smallest absolute Gasteiger partial charge is 0.323 e. The average Bonchev–Trinajstić information content (AvgIpc) is 2.87. The van der Waals surface area contributed by atoms with E-state index in [9.17, 15) is 4.79 Å². The lowest BCUT2D eigenvalue weighted by Crippen LogP contribution is -2.41. The maximum atomic E-state index is 11.5. The first-order valence-corrected chi connectivity index (χ1v) is 7.23. The van der Waals surface area contributed by atoms with Crippen LogP contribution in [0.15, 0.2) is 0 Å². The van der Waals surface area contributed by atoms with E-state index in [4.69, 9.17) is 10.5 Å². The molecule has 21 heavy (non-hydrogen) atoms. The first-order chi connectivity index (χ1) is 10.0. The largest absolute Gasteiger partial charge is 0.461 e. The van der Waals surface area contributed by atoms with Gasteiger partial charge in [-0.05, 0) is 33.6 Å². The van der Waals surface area contributed by atoms with Gasteiger partial charge in [0.25, 0.3) is 0 Å². The Morgan fingerprint density at radius 3 is 2.86 bits per heavy atom. The summed E-state index contributed by atoms with van der Waals surface area (Å²) in [4.78, 5) is 26.2. The summed E-state index contributed by atoms with van der Waals surface area (Å²) in [5.41, 5.74) is 5.44. The van der Waals surface area contributed by atoms with Crippen molar-refractivity contribution in [1.29, 1.82) is 0 Å². The maximum Gasteiger partial charge on any atom is 0.323 e. The number of rotatable bonds is 6. The van der Waals surface area contributed by atoms with E-state index in [1.807, 2.05) is 25.7 Å². The predicted molar refractivity (Wildman–Crippen MR) is 79.3 cm³/mol. The number of nitrogens with two attached hydrogens (primary N) is 1. The van der Waals surface area contributed by atoms with Crippen molar-refractivity contribution >= 4 is 17.8 Å². The van der Waals surface area contributed by atoms with Crippen LogP contribution < -0.4 is 20.7 Å². The van der Waals surface area contributed by atoms with E-state index in [1.54, 1.807) is 0 Å². The van der Waals surface area contributed by atoms with Gasteiger partial charge in [0.15, 0.2) is 0 Å². The van der Waals surface area contributed by atoms with Gasteiger partial charge in [0.05, 0.1) is 6.10 Å². The highest BCUT2D eigenvalue weighted by molar-refractivity contribution is 5.83. The molecule has 1 aromatic rings. The summed E-state index contributed by atoms with van der Waals surface area (Å²) in [6, 6.07) is -0.116. The molecule has 1 aliphatic heterocycles. The number of nitrogens with one attached hydrogen (secondary N) is 1.